The average molecular weight is 147 g/mol. The van der Waals surface area contributed by atoms with Gasteiger partial charge in [-0.05, 0) is 19.1 Å². The second-order valence-electron chi connectivity index (χ2n) is 2.85. The molecule has 0 saturated carbocycles. The summed E-state index contributed by atoms with van der Waals surface area (Å²) in [7, 11) is 0. The van der Waals surface area contributed by atoms with Gasteiger partial charge in [0.25, 0.3) is 0 Å². The Kier molecular flexibility index (Phi) is 1.04. The molecule has 1 aromatic rings. The molecule has 11 heavy (non-hydrogen) atoms. The molecule has 1 aliphatic heterocycles. The van der Waals surface area contributed by atoms with E-state index < -0.39 is 0 Å². The monoisotopic (exact) mass is 147 g/mol. The second-order valence-corrected chi connectivity index (χ2v) is 2.85. The van der Waals surface area contributed by atoms with Crippen molar-refractivity contribution in [3.63, 3.8) is 0 Å². The molecule has 3 heteroatoms. The number of benzene rings is 1. The average Bonchev–Trinajstić information content (AvgIpc) is 2.70. The second kappa shape index (κ2) is 1.81. The Morgan fingerprint density at radius 3 is 2.64 bits per heavy atom. The van der Waals surface area contributed by atoms with Gasteiger partial charge in [0.2, 0.25) is 5.66 Å². The lowest BCUT2D eigenvalue weighted by molar-refractivity contribution is 0.729. The van der Waals surface area contributed by atoms with Crippen molar-refractivity contribution in [3.8, 4) is 0 Å². The molecular weight excluding hydrogens is 138 g/mol. The summed E-state index contributed by atoms with van der Waals surface area (Å²) in [5.74, 6) is 0. The van der Waals surface area contributed by atoms with E-state index in [2.05, 4.69) is 10.2 Å². The molecule has 0 aliphatic carbocycles. The smallest absolute Gasteiger partial charge is 0.213 e. The minimum atomic E-state index is -0.296. The van der Waals surface area contributed by atoms with Crippen LogP contribution >= 0.6 is 0 Å². The van der Waals surface area contributed by atoms with E-state index in [1.807, 2.05) is 31.2 Å². The third kappa shape index (κ3) is 0.981. The number of nitrogens with zero attached hydrogens (tertiary/aromatic N) is 2. The highest BCUT2D eigenvalue weighted by molar-refractivity contribution is 5.43. The van der Waals surface area contributed by atoms with Crippen LogP contribution in [0.1, 0.15) is 12.5 Å². The maximum absolute atomic E-state index is 5.60. The SMILES string of the molecule is CC1(c2cccc(N)c2)N=N1. The summed E-state index contributed by atoms with van der Waals surface area (Å²) in [6, 6.07) is 7.66. The van der Waals surface area contributed by atoms with Gasteiger partial charge < -0.3 is 5.73 Å². The van der Waals surface area contributed by atoms with Crippen LogP contribution < -0.4 is 5.73 Å². The van der Waals surface area contributed by atoms with Gasteiger partial charge in [-0.25, -0.2) is 0 Å². The Labute approximate surface area is 64.9 Å². The van der Waals surface area contributed by atoms with Gasteiger partial charge in [0, 0.05) is 11.3 Å². The van der Waals surface area contributed by atoms with Crippen molar-refractivity contribution in [3.05, 3.63) is 29.8 Å². The molecule has 0 fully saturated rings. The minimum Gasteiger partial charge on any atom is -0.399 e. The zero-order valence-corrected chi connectivity index (χ0v) is 6.28. The summed E-state index contributed by atoms with van der Waals surface area (Å²) in [6.07, 6.45) is 0. The summed E-state index contributed by atoms with van der Waals surface area (Å²) >= 11 is 0. The molecule has 2 rings (SSSR count). The highest BCUT2D eigenvalue weighted by Gasteiger charge is 2.35. The number of hydrogen-bond donors (Lipinski definition) is 1. The fraction of sp³-hybridized carbons (Fsp3) is 0.250. The van der Waals surface area contributed by atoms with Gasteiger partial charge in [0.15, 0.2) is 0 Å². The Balaban J connectivity index is 2.39. The zero-order valence-electron chi connectivity index (χ0n) is 6.28. The van der Waals surface area contributed by atoms with Gasteiger partial charge >= 0.3 is 0 Å². The van der Waals surface area contributed by atoms with Gasteiger partial charge in [-0.1, -0.05) is 12.1 Å². The van der Waals surface area contributed by atoms with Crippen LogP contribution in [0.4, 0.5) is 5.69 Å². The topological polar surface area (TPSA) is 50.7 Å². The van der Waals surface area contributed by atoms with E-state index in [1.165, 1.54) is 0 Å². The lowest BCUT2D eigenvalue weighted by Gasteiger charge is -2.03. The lowest BCUT2D eigenvalue weighted by atomic mass is 10.1. The van der Waals surface area contributed by atoms with Crippen molar-refractivity contribution in [2.45, 2.75) is 12.6 Å². The third-order valence-electron chi connectivity index (χ3n) is 1.83. The first-order valence-electron chi connectivity index (χ1n) is 3.51. The number of anilines is 1. The maximum Gasteiger partial charge on any atom is 0.213 e. The van der Waals surface area contributed by atoms with Crippen LogP contribution in [0.25, 0.3) is 0 Å². The molecule has 0 amide bonds. The fourth-order valence-electron chi connectivity index (χ4n) is 1.02. The molecule has 1 heterocycles. The summed E-state index contributed by atoms with van der Waals surface area (Å²) in [4.78, 5) is 0. The predicted octanol–water partition coefficient (Wildman–Crippen LogP) is 1.91. The van der Waals surface area contributed by atoms with Gasteiger partial charge in [-0.3, -0.25) is 0 Å². The van der Waals surface area contributed by atoms with Crippen molar-refractivity contribution < 1.29 is 0 Å². The van der Waals surface area contributed by atoms with Crippen molar-refractivity contribution in [2.75, 3.05) is 5.73 Å². The summed E-state index contributed by atoms with van der Waals surface area (Å²) in [6.45, 7) is 1.96. The van der Waals surface area contributed by atoms with E-state index in [0.717, 1.165) is 11.3 Å². The predicted molar refractivity (Wildman–Crippen MR) is 43.1 cm³/mol. The van der Waals surface area contributed by atoms with Crippen LogP contribution in [0.2, 0.25) is 0 Å². The van der Waals surface area contributed by atoms with Crippen LogP contribution in [0.5, 0.6) is 0 Å². The van der Waals surface area contributed by atoms with Crippen LogP contribution in [0.15, 0.2) is 34.5 Å². The van der Waals surface area contributed by atoms with Crippen molar-refractivity contribution in [1.82, 2.24) is 0 Å². The minimum absolute atomic E-state index is 0.296. The molecule has 2 N–H and O–H groups in total. The van der Waals surface area contributed by atoms with Crippen LogP contribution in [0.3, 0.4) is 0 Å². The summed E-state index contributed by atoms with van der Waals surface area (Å²) in [5, 5.41) is 7.83. The summed E-state index contributed by atoms with van der Waals surface area (Å²) < 4.78 is 0. The third-order valence-corrected chi connectivity index (χ3v) is 1.83. The fourth-order valence-corrected chi connectivity index (χ4v) is 1.02. The largest absolute Gasteiger partial charge is 0.399 e. The Hall–Kier alpha value is -1.38. The standard InChI is InChI=1S/C8H9N3/c1-8(10-11-8)6-3-2-4-7(9)5-6/h2-5H,9H2,1H3. The van der Waals surface area contributed by atoms with Crippen molar-refractivity contribution >= 4 is 5.69 Å². The van der Waals surface area contributed by atoms with Crippen molar-refractivity contribution in [1.29, 1.82) is 0 Å². The van der Waals surface area contributed by atoms with Crippen LogP contribution in [0, 0.1) is 0 Å². The van der Waals surface area contributed by atoms with E-state index in [-0.39, 0.29) is 5.66 Å². The molecular formula is C8H9N3. The Morgan fingerprint density at radius 2 is 2.09 bits per heavy atom. The van der Waals surface area contributed by atoms with Gasteiger partial charge in [0.1, 0.15) is 0 Å². The zero-order chi connectivity index (χ0) is 7.90. The van der Waals surface area contributed by atoms with Gasteiger partial charge in [-0.15, -0.1) is 0 Å². The van der Waals surface area contributed by atoms with Crippen LogP contribution in [-0.2, 0) is 5.66 Å². The molecule has 1 aromatic carbocycles. The molecule has 0 atom stereocenters. The van der Waals surface area contributed by atoms with E-state index >= 15 is 0 Å². The number of nitrogens with two attached hydrogens (primary N) is 1. The normalized spacial score (nSPS) is 18.3. The molecule has 0 bridgehead atoms. The van der Waals surface area contributed by atoms with E-state index in [4.69, 9.17) is 5.73 Å². The number of nitrogen functional groups attached to an aromatic ring is 1. The molecule has 3 nitrogen and oxygen atoms in total. The molecule has 0 spiro atoms. The number of hydrogen-bond acceptors (Lipinski definition) is 3. The van der Waals surface area contributed by atoms with E-state index in [9.17, 15) is 0 Å². The molecule has 0 saturated heterocycles. The van der Waals surface area contributed by atoms with E-state index in [0.29, 0.717) is 0 Å². The molecule has 1 aliphatic rings. The molecule has 0 aromatic heterocycles. The van der Waals surface area contributed by atoms with Gasteiger partial charge in [-0.2, -0.15) is 10.2 Å². The quantitative estimate of drug-likeness (QED) is 0.606. The highest BCUT2D eigenvalue weighted by Crippen LogP contribution is 2.38. The first-order valence-corrected chi connectivity index (χ1v) is 3.51. The number of rotatable bonds is 1. The maximum atomic E-state index is 5.60. The van der Waals surface area contributed by atoms with E-state index in [1.54, 1.807) is 0 Å². The van der Waals surface area contributed by atoms with Crippen LogP contribution in [-0.4, -0.2) is 0 Å². The molecule has 0 unspecified atom stereocenters. The molecule has 0 radical (unpaired) electrons. The first-order chi connectivity index (χ1) is 5.21. The first kappa shape index (κ1) is 6.34. The Bertz CT molecular complexity index is 311. The van der Waals surface area contributed by atoms with Gasteiger partial charge in [0.05, 0.1) is 0 Å². The summed E-state index contributed by atoms with van der Waals surface area (Å²) in [5.41, 5.74) is 7.14. The Morgan fingerprint density at radius 1 is 1.36 bits per heavy atom. The highest BCUT2D eigenvalue weighted by atomic mass is 15.4. The lowest BCUT2D eigenvalue weighted by Crippen LogP contribution is -2.01. The van der Waals surface area contributed by atoms with Crippen molar-refractivity contribution in [2.24, 2.45) is 10.2 Å². The molecule has 56 valence electrons.